The molecule has 0 unspecified atom stereocenters. The van der Waals surface area contributed by atoms with Crippen molar-refractivity contribution in [3.8, 4) is 0 Å². The number of hydrogen-bond donors (Lipinski definition) is 0. The fraction of sp³-hybridized carbons (Fsp3) is 0.727. The van der Waals surface area contributed by atoms with Crippen molar-refractivity contribution in [3.05, 3.63) is 12.2 Å². The van der Waals surface area contributed by atoms with E-state index < -0.39 is 11.9 Å². The summed E-state index contributed by atoms with van der Waals surface area (Å²) in [5.74, 6) is -0.900. The minimum atomic E-state index is -0.638. The third-order valence-electron chi connectivity index (χ3n) is 4.16. The zero-order valence-electron chi connectivity index (χ0n) is 17.5. The van der Waals surface area contributed by atoms with E-state index in [-0.39, 0.29) is 24.8 Å². The van der Waals surface area contributed by atoms with Crippen LogP contribution in [0.25, 0.3) is 0 Å². The third-order valence-corrected chi connectivity index (χ3v) is 4.16. The second-order valence-electron chi connectivity index (χ2n) is 6.87. The van der Waals surface area contributed by atoms with Crippen LogP contribution in [-0.2, 0) is 28.7 Å². The highest BCUT2D eigenvalue weighted by molar-refractivity contribution is 5.91. The Morgan fingerprint density at radius 2 is 0.929 bits per heavy atom. The molecular weight excluding hydrogens is 360 g/mol. The van der Waals surface area contributed by atoms with Gasteiger partial charge in [-0.05, 0) is 25.7 Å². The summed E-state index contributed by atoms with van der Waals surface area (Å²) in [7, 11) is 0. The molecule has 0 saturated carbocycles. The molecule has 0 aromatic rings. The second-order valence-corrected chi connectivity index (χ2v) is 6.87. The van der Waals surface area contributed by atoms with Crippen LogP contribution in [0.4, 0.5) is 0 Å². The number of hydrogen-bond acceptors (Lipinski definition) is 6. The minimum absolute atomic E-state index is 0.151. The Kier molecular flexibility index (Phi) is 17.1. The van der Waals surface area contributed by atoms with Crippen LogP contribution < -0.4 is 0 Å². The van der Waals surface area contributed by atoms with E-state index in [4.69, 9.17) is 9.47 Å². The summed E-state index contributed by atoms with van der Waals surface area (Å²) in [6.45, 7) is 4.48. The van der Waals surface area contributed by atoms with Gasteiger partial charge in [0.1, 0.15) is 11.6 Å². The van der Waals surface area contributed by atoms with Crippen LogP contribution in [0, 0.1) is 0 Å². The molecule has 0 aromatic heterocycles. The van der Waals surface area contributed by atoms with Crippen molar-refractivity contribution in [2.75, 3.05) is 13.2 Å². The molecule has 0 aromatic carbocycles. The molecule has 6 nitrogen and oxygen atoms in total. The van der Waals surface area contributed by atoms with Crippen LogP contribution in [0.3, 0.4) is 0 Å². The quantitative estimate of drug-likeness (QED) is 0.193. The van der Waals surface area contributed by atoms with Crippen molar-refractivity contribution in [1.29, 1.82) is 0 Å². The van der Waals surface area contributed by atoms with Crippen LogP contribution >= 0.6 is 0 Å². The SMILES string of the molecule is CCCCCC(=O)CCCOC(=O)/C=C\C(=O)OCCCC(=O)CCCCC. The van der Waals surface area contributed by atoms with Crippen molar-refractivity contribution >= 4 is 23.5 Å². The number of rotatable bonds is 18. The van der Waals surface area contributed by atoms with Gasteiger partial charge in [0.2, 0.25) is 0 Å². The van der Waals surface area contributed by atoms with Gasteiger partial charge in [0.15, 0.2) is 0 Å². The lowest BCUT2D eigenvalue weighted by molar-refractivity contribution is -0.140. The maximum absolute atomic E-state index is 11.6. The number of ketones is 2. The molecule has 0 aliphatic heterocycles. The summed E-state index contributed by atoms with van der Waals surface area (Å²) in [5, 5.41) is 0. The van der Waals surface area contributed by atoms with Crippen LogP contribution in [0.15, 0.2) is 12.2 Å². The van der Waals surface area contributed by atoms with Gasteiger partial charge in [-0.2, -0.15) is 0 Å². The highest BCUT2D eigenvalue weighted by Gasteiger charge is 2.05. The Labute approximate surface area is 169 Å². The Bertz CT molecular complexity index is 451. The fourth-order valence-electron chi connectivity index (χ4n) is 2.51. The molecular formula is C22H36O6. The molecule has 0 aliphatic carbocycles. The molecule has 28 heavy (non-hydrogen) atoms. The Balaban J connectivity index is 3.69. The summed E-state index contributed by atoms with van der Waals surface area (Å²) < 4.78 is 9.88. The van der Waals surface area contributed by atoms with Gasteiger partial charge in [0, 0.05) is 37.8 Å². The van der Waals surface area contributed by atoms with E-state index in [9.17, 15) is 19.2 Å². The number of carbonyl (C=O) groups excluding carboxylic acids is 4. The van der Waals surface area contributed by atoms with E-state index in [0.29, 0.717) is 38.5 Å². The van der Waals surface area contributed by atoms with Crippen molar-refractivity contribution in [2.24, 2.45) is 0 Å². The van der Waals surface area contributed by atoms with E-state index in [0.717, 1.165) is 50.7 Å². The number of unbranched alkanes of at least 4 members (excludes halogenated alkanes) is 4. The molecule has 0 N–H and O–H groups in total. The van der Waals surface area contributed by atoms with Gasteiger partial charge < -0.3 is 9.47 Å². The smallest absolute Gasteiger partial charge is 0.331 e. The molecule has 0 aliphatic rings. The zero-order valence-corrected chi connectivity index (χ0v) is 17.5. The minimum Gasteiger partial charge on any atom is -0.463 e. The van der Waals surface area contributed by atoms with Crippen molar-refractivity contribution < 1.29 is 28.7 Å². The maximum Gasteiger partial charge on any atom is 0.331 e. The lowest BCUT2D eigenvalue weighted by Crippen LogP contribution is -2.08. The van der Waals surface area contributed by atoms with Crippen LogP contribution in [0.5, 0.6) is 0 Å². The van der Waals surface area contributed by atoms with Gasteiger partial charge in [-0.3, -0.25) is 9.59 Å². The van der Waals surface area contributed by atoms with Crippen molar-refractivity contribution in [3.63, 3.8) is 0 Å². The number of Topliss-reactive ketones (excluding diaryl/α,β-unsaturated/α-hetero) is 2. The van der Waals surface area contributed by atoms with E-state index in [2.05, 4.69) is 13.8 Å². The third kappa shape index (κ3) is 17.4. The molecule has 6 heteroatoms. The van der Waals surface area contributed by atoms with Crippen LogP contribution in [-0.4, -0.2) is 36.7 Å². The van der Waals surface area contributed by atoms with Crippen LogP contribution in [0.1, 0.15) is 90.9 Å². The predicted molar refractivity (Wildman–Crippen MR) is 108 cm³/mol. The molecule has 0 saturated heterocycles. The first-order chi connectivity index (χ1) is 13.5. The monoisotopic (exact) mass is 396 g/mol. The van der Waals surface area contributed by atoms with E-state index in [1.54, 1.807) is 0 Å². The number of esters is 2. The Morgan fingerprint density at radius 1 is 0.571 bits per heavy atom. The van der Waals surface area contributed by atoms with Crippen LogP contribution in [0.2, 0.25) is 0 Å². The molecule has 0 bridgehead atoms. The van der Waals surface area contributed by atoms with Gasteiger partial charge in [0.25, 0.3) is 0 Å². The first kappa shape index (κ1) is 26.0. The van der Waals surface area contributed by atoms with Gasteiger partial charge in [-0.1, -0.05) is 39.5 Å². The zero-order chi connectivity index (χ0) is 21.0. The van der Waals surface area contributed by atoms with Gasteiger partial charge >= 0.3 is 11.9 Å². The molecule has 0 spiro atoms. The first-order valence-corrected chi connectivity index (χ1v) is 10.5. The van der Waals surface area contributed by atoms with Gasteiger partial charge in [-0.25, -0.2) is 9.59 Å². The first-order valence-electron chi connectivity index (χ1n) is 10.5. The van der Waals surface area contributed by atoms with Gasteiger partial charge in [-0.15, -0.1) is 0 Å². The predicted octanol–water partition coefficient (Wildman–Crippen LogP) is 4.49. The van der Waals surface area contributed by atoms with E-state index in [1.165, 1.54) is 0 Å². The van der Waals surface area contributed by atoms with Crippen molar-refractivity contribution in [1.82, 2.24) is 0 Å². The molecule has 0 heterocycles. The average molecular weight is 397 g/mol. The Morgan fingerprint density at radius 3 is 1.29 bits per heavy atom. The maximum atomic E-state index is 11.6. The lowest BCUT2D eigenvalue weighted by atomic mass is 10.1. The fourth-order valence-corrected chi connectivity index (χ4v) is 2.51. The topological polar surface area (TPSA) is 86.7 Å². The summed E-state index contributed by atoms with van der Waals surface area (Å²) in [6, 6.07) is 0. The number of carbonyl (C=O) groups is 4. The summed E-state index contributed by atoms with van der Waals surface area (Å²) >= 11 is 0. The molecule has 0 fully saturated rings. The highest BCUT2D eigenvalue weighted by atomic mass is 16.5. The number of ether oxygens (including phenoxy) is 2. The largest absolute Gasteiger partial charge is 0.463 e. The second kappa shape index (κ2) is 18.4. The molecule has 0 radical (unpaired) electrons. The highest BCUT2D eigenvalue weighted by Crippen LogP contribution is 2.05. The van der Waals surface area contributed by atoms with E-state index in [1.807, 2.05) is 0 Å². The normalized spacial score (nSPS) is 10.8. The standard InChI is InChI=1S/C22H36O6/c1-3-5-7-11-19(23)13-9-17-27-21(25)15-16-22(26)28-18-10-14-20(24)12-8-6-4-2/h15-16H,3-14,17-18H2,1-2H3/b16-15-. The van der Waals surface area contributed by atoms with Gasteiger partial charge in [0.05, 0.1) is 13.2 Å². The summed E-state index contributed by atoms with van der Waals surface area (Å²) in [4.78, 5) is 46.1. The van der Waals surface area contributed by atoms with E-state index >= 15 is 0 Å². The summed E-state index contributed by atoms with van der Waals surface area (Å²) in [6.07, 6.45) is 11.1. The molecule has 0 atom stereocenters. The average Bonchev–Trinajstić information content (AvgIpc) is 2.67. The Hall–Kier alpha value is -1.98. The lowest BCUT2D eigenvalue weighted by Gasteiger charge is -2.03. The molecule has 0 rings (SSSR count). The molecule has 0 amide bonds. The molecule has 160 valence electrons. The van der Waals surface area contributed by atoms with Crippen molar-refractivity contribution in [2.45, 2.75) is 90.9 Å². The summed E-state index contributed by atoms with van der Waals surface area (Å²) in [5.41, 5.74) is 0.